The smallest absolute Gasteiger partial charge is 0.321 e. The van der Waals surface area contributed by atoms with Gasteiger partial charge in [-0.05, 0) is 35.2 Å². The first kappa shape index (κ1) is 17.4. The highest BCUT2D eigenvalue weighted by molar-refractivity contribution is 5.89. The molecular weight excluding hydrogens is 312 g/mol. The molecule has 2 aromatic rings. The molecule has 1 N–H and O–H groups in total. The minimum Gasteiger partial charge on any atom is -0.322 e. The van der Waals surface area contributed by atoms with Crippen molar-refractivity contribution in [2.45, 2.75) is 26.3 Å². The number of carbonyl (C=O) groups excluding carboxylic acids is 1. The summed E-state index contributed by atoms with van der Waals surface area (Å²) in [4.78, 5) is 20.8. The normalized spacial score (nSPS) is 15.4. The van der Waals surface area contributed by atoms with Gasteiger partial charge in [0, 0.05) is 50.8 Å². The molecule has 2 heterocycles. The summed E-state index contributed by atoms with van der Waals surface area (Å²) in [5, 5.41) is 3.00. The fourth-order valence-electron chi connectivity index (χ4n) is 3.01. The molecule has 0 unspecified atom stereocenters. The summed E-state index contributed by atoms with van der Waals surface area (Å²) in [7, 11) is 0. The Hall–Kier alpha value is -2.40. The summed E-state index contributed by atoms with van der Waals surface area (Å²) >= 11 is 0. The van der Waals surface area contributed by atoms with Crippen LogP contribution < -0.4 is 5.32 Å². The second-order valence-electron chi connectivity index (χ2n) is 6.83. The van der Waals surface area contributed by atoms with Gasteiger partial charge in [0.1, 0.15) is 0 Å². The number of piperazine rings is 1. The summed E-state index contributed by atoms with van der Waals surface area (Å²) in [5.74, 6) is 0.498. The third-order valence-electron chi connectivity index (χ3n) is 4.62. The van der Waals surface area contributed by atoms with E-state index < -0.39 is 0 Å². The van der Waals surface area contributed by atoms with E-state index in [0.717, 1.165) is 38.4 Å². The minimum absolute atomic E-state index is 0.0154. The molecule has 0 spiro atoms. The van der Waals surface area contributed by atoms with Crippen molar-refractivity contribution >= 4 is 11.7 Å². The van der Waals surface area contributed by atoms with Gasteiger partial charge in [-0.3, -0.25) is 9.88 Å². The van der Waals surface area contributed by atoms with Gasteiger partial charge in [0.25, 0.3) is 0 Å². The van der Waals surface area contributed by atoms with Crippen LogP contribution in [-0.2, 0) is 6.54 Å². The van der Waals surface area contributed by atoms with E-state index in [4.69, 9.17) is 0 Å². The van der Waals surface area contributed by atoms with Gasteiger partial charge in [0.15, 0.2) is 0 Å². The summed E-state index contributed by atoms with van der Waals surface area (Å²) in [5.41, 5.74) is 3.35. The minimum atomic E-state index is -0.0154. The van der Waals surface area contributed by atoms with Crippen LogP contribution in [0.2, 0.25) is 0 Å². The van der Waals surface area contributed by atoms with Crippen molar-refractivity contribution in [3.8, 4) is 0 Å². The summed E-state index contributed by atoms with van der Waals surface area (Å²) in [6.07, 6.45) is 3.69. The average molecular weight is 338 g/mol. The maximum Gasteiger partial charge on any atom is 0.321 e. The Morgan fingerprint density at radius 2 is 1.84 bits per heavy atom. The average Bonchev–Trinajstić information content (AvgIpc) is 2.63. The number of hydrogen-bond acceptors (Lipinski definition) is 3. The van der Waals surface area contributed by atoms with E-state index in [2.05, 4.69) is 47.2 Å². The molecule has 3 rings (SSSR count). The zero-order valence-electron chi connectivity index (χ0n) is 15.0. The van der Waals surface area contributed by atoms with Crippen LogP contribution >= 0.6 is 0 Å². The van der Waals surface area contributed by atoms with Crippen molar-refractivity contribution in [2.75, 3.05) is 31.5 Å². The second kappa shape index (κ2) is 8.12. The van der Waals surface area contributed by atoms with Gasteiger partial charge in [0.2, 0.25) is 0 Å². The topological polar surface area (TPSA) is 48.5 Å². The van der Waals surface area contributed by atoms with Crippen LogP contribution in [0, 0.1) is 0 Å². The number of hydrogen-bond donors (Lipinski definition) is 1. The molecule has 5 nitrogen and oxygen atoms in total. The standard InChI is InChI=1S/C20H26N4O/c1-16(2)18-5-7-19(8-6-18)22-20(25)24-12-10-23(11-13-24)15-17-4-3-9-21-14-17/h3-9,14,16H,10-13,15H2,1-2H3,(H,22,25). The fourth-order valence-corrected chi connectivity index (χ4v) is 3.01. The molecule has 5 heteroatoms. The molecule has 25 heavy (non-hydrogen) atoms. The van der Waals surface area contributed by atoms with Crippen molar-refractivity contribution in [3.63, 3.8) is 0 Å². The van der Waals surface area contributed by atoms with Crippen molar-refractivity contribution in [1.82, 2.24) is 14.8 Å². The Balaban J connectivity index is 1.48. The van der Waals surface area contributed by atoms with Gasteiger partial charge >= 0.3 is 6.03 Å². The zero-order valence-corrected chi connectivity index (χ0v) is 15.0. The second-order valence-corrected chi connectivity index (χ2v) is 6.83. The van der Waals surface area contributed by atoms with Crippen LogP contribution in [0.15, 0.2) is 48.8 Å². The van der Waals surface area contributed by atoms with Crippen LogP contribution in [0.25, 0.3) is 0 Å². The molecule has 0 radical (unpaired) electrons. The van der Waals surface area contributed by atoms with Gasteiger partial charge < -0.3 is 10.2 Å². The molecule has 0 atom stereocenters. The predicted octanol–water partition coefficient (Wildman–Crippen LogP) is 3.55. The van der Waals surface area contributed by atoms with Crippen LogP contribution in [0.1, 0.15) is 30.9 Å². The molecular formula is C20H26N4O. The Bertz CT molecular complexity index is 677. The first-order valence-electron chi connectivity index (χ1n) is 8.89. The fraction of sp³-hybridized carbons (Fsp3) is 0.400. The van der Waals surface area contributed by atoms with E-state index >= 15 is 0 Å². The number of carbonyl (C=O) groups is 1. The highest BCUT2D eigenvalue weighted by atomic mass is 16.2. The van der Waals surface area contributed by atoms with Gasteiger partial charge in [0.05, 0.1) is 0 Å². The monoisotopic (exact) mass is 338 g/mol. The molecule has 0 bridgehead atoms. The molecule has 2 amide bonds. The van der Waals surface area contributed by atoms with Crippen LogP contribution in [0.4, 0.5) is 10.5 Å². The van der Waals surface area contributed by atoms with Crippen LogP contribution in [0.5, 0.6) is 0 Å². The zero-order chi connectivity index (χ0) is 17.6. The molecule has 1 fully saturated rings. The third-order valence-corrected chi connectivity index (χ3v) is 4.62. The lowest BCUT2D eigenvalue weighted by molar-refractivity contribution is 0.143. The Morgan fingerprint density at radius 1 is 1.12 bits per heavy atom. The van der Waals surface area contributed by atoms with Crippen molar-refractivity contribution in [3.05, 3.63) is 59.9 Å². The van der Waals surface area contributed by atoms with E-state index in [1.54, 1.807) is 6.20 Å². The lowest BCUT2D eigenvalue weighted by atomic mass is 10.0. The van der Waals surface area contributed by atoms with Crippen LogP contribution in [0.3, 0.4) is 0 Å². The molecule has 1 aliphatic rings. The van der Waals surface area contributed by atoms with E-state index in [1.165, 1.54) is 11.1 Å². The Morgan fingerprint density at radius 3 is 2.44 bits per heavy atom. The highest BCUT2D eigenvalue weighted by Crippen LogP contribution is 2.17. The van der Waals surface area contributed by atoms with Gasteiger partial charge in [-0.2, -0.15) is 0 Å². The Labute approximate surface area is 149 Å². The van der Waals surface area contributed by atoms with E-state index in [9.17, 15) is 4.79 Å². The number of nitrogens with zero attached hydrogens (tertiary/aromatic N) is 3. The largest absolute Gasteiger partial charge is 0.322 e. The maximum absolute atomic E-state index is 12.4. The van der Waals surface area contributed by atoms with E-state index in [-0.39, 0.29) is 6.03 Å². The summed E-state index contributed by atoms with van der Waals surface area (Å²) < 4.78 is 0. The molecule has 1 aromatic carbocycles. The molecule has 1 saturated heterocycles. The number of pyridine rings is 1. The number of nitrogens with one attached hydrogen (secondary N) is 1. The quantitative estimate of drug-likeness (QED) is 0.927. The SMILES string of the molecule is CC(C)c1ccc(NC(=O)N2CCN(Cc3cccnc3)CC2)cc1. The lowest BCUT2D eigenvalue weighted by Crippen LogP contribution is -2.49. The van der Waals surface area contributed by atoms with Crippen molar-refractivity contribution in [2.24, 2.45) is 0 Å². The van der Waals surface area contributed by atoms with Gasteiger partial charge in [-0.1, -0.05) is 32.0 Å². The van der Waals surface area contributed by atoms with Gasteiger partial charge in [-0.25, -0.2) is 4.79 Å². The molecule has 0 saturated carbocycles. The van der Waals surface area contributed by atoms with Crippen LogP contribution in [-0.4, -0.2) is 47.0 Å². The maximum atomic E-state index is 12.4. The van der Waals surface area contributed by atoms with Crippen molar-refractivity contribution in [1.29, 1.82) is 0 Å². The van der Waals surface area contributed by atoms with Gasteiger partial charge in [-0.15, -0.1) is 0 Å². The summed E-state index contributed by atoms with van der Waals surface area (Å²) in [6, 6.07) is 12.1. The predicted molar refractivity (Wildman–Crippen MR) is 101 cm³/mol. The number of rotatable bonds is 4. The number of amides is 2. The molecule has 1 aromatic heterocycles. The number of aromatic nitrogens is 1. The first-order chi connectivity index (χ1) is 12.1. The summed E-state index contributed by atoms with van der Waals surface area (Å²) in [6.45, 7) is 8.48. The van der Waals surface area contributed by atoms with E-state index in [1.807, 2.05) is 29.3 Å². The third kappa shape index (κ3) is 4.79. The molecule has 1 aliphatic heterocycles. The first-order valence-corrected chi connectivity index (χ1v) is 8.89. The number of benzene rings is 1. The van der Waals surface area contributed by atoms with E-state index in [0.29, 0.717) is 5.92 Å². The lowest BCUT2D eigenvalue weighted by Gasteiger charge is -2.34. The Kier molecular flexibility index (Phi) is 5.66. The molecule has 132 valence electrons. The highest BCUT2D eigenvalue weighted by Gasteiger charge is 2.21. The number of urea groups is 1. The molecule has 0 aliphatic carbocycles. The number of anilines is 1. The van der Waals surface area contributed by atoms with Crippen molar-refractivity contribution < 1.29 is 4.79 Å².